The van der Waals surface area contributed by atoms with Gasteiger partial charge in [-0.25, -0.2) is 4.98 Å². The smallest absolute Gasteiger partial charge is 0.356 e. The molecule has 1 aromatic heterocycles. The van der Waals surface area contributed by atoms with Gasteiger partial charge in [0.05, 0.1) is 17.3 Å². The summed E-state index contributed by atoms with van der Waals surface area (Å²) in [4.78, 5) is 4.54. The first-order valence-corrected chi connectivity index (χ1v) is 9.99. The molecule has 1 atom stereocenters. The number of ether oxygens (including phenoxy) is 1. The van der Waals surface area contributed by atoms with Crippen LogP contribution in [0.1, 0.15) is 11.3 Å². The Morgan fingerprint density at radius 1 is 1.04 bits per heavy atom. The highest BCUT2D eigenvalue weighted by Gasteiger charge is 2.36. The number of fused-ring (bicyclic) bond motifs is 1. The van der Waals surface area contributed by atoms with E-state index in [0.717, 1.165) is 15.8 Å². The first-order valence-electron chi connectivity index (χ1n) is 7.57. The highest BCUT2D eigenvalue weighted by molar-refractivity contribution is 7.54. The molecule has 0 saturated carbocycles. The van der Waals surface area contributed by atoms with Crippen molar-refractivity contribution in [1.29, 1.82) is 0 Å². The molecule has 1 N–H and O–H groups in total. The lowest BCUT2D eigenvalue weighted by Crippen LogP contribution is -2.13. The van der Waals surface area contributed by atoms with Gasteiger partial charge < -0.3 is 19.1 Å². The molecule has 0 radical (unpaired) electrons. The van der Waals surface area contributed by atoms with Gasteiger partial charge in [-0.1, -0.05) is 35.6 Å². The van der Waals surface area contributed by atoms with Gasteiger partial charge in [-0.15, -0.1) is 0 Å². The summed E-state index contributed by atoms with van der Waals surface area (Å²) in [5.41, 5.74) is 1.64. The predicted molar refractivity (Wildman–Crippen MR) is 101 cm³/mol. The molecule has 0 fully saturated rings. The molecular formula is C17H19N2O4PS. The van der Waals surface area contributed by atoms with E-state index in [1.54, 1.807) is 19.2 Å². The second kappa shape index (κ2) is 7.54. The van der Waals surface area contributed by atoms with Crippen molar-refractivity contribution in [2.75, 3.05) is 26.6 Å². The summed E-state index contributed by atoms with van der Waals surface area (Å²) in [6, 6.07) is 15.1. The van der Waals surface area contributed by atoms with E-state index >= 15 is 0 Å². The van der Waals surface area contributed by atoms with Crippen LogP contribution in [0.5, 0.6) is 5.75 Å². The zero-order chi connectivity index (χ0) is 17.9. The Bertz CT molecular complexity index is 856. The van der Waals surface area contributed by atoms with Crippen molar-refractivity contribution >= 4 is 34.3 Å². The van der Waals surface area contributed by atoms with E-state index in [-0.39, 0.29) is 0 Å². The fourth-order valence-corrected chi connectivity index (χ4v) is 4.84. The quantitative estimate of drug-likeness (QED) is 0.590. The van der Waals surface area contributed by atoms with E-state index in [9.17, 15) is 4.57 Å². The SMILES string of the molecule is COc1ccc(C(Nc2nc3ccccc3s2)P(=O)(OC)OC)cc1. The minimum Gasteiger partial charge on any atom is -0.497 e. The molecule has 8 heteroatoms. The number of para-hydroxylation sites is 1. The van der Waals surface area contributed by atoms with Crippen LogP contribution in [0.2, 0.25) is 0 Å². The molecule has 3 aromatic rings. The zero-order valence-electron chi connectivity index (χ0n) is 14.1. The number of nitrogens with one attached hydrogen (secondary N) is 1. The summed E-state index contributed by atoms with van der Waals surface area (Å²) >= 11 is 1.49. The van der Waals surface area contributed by atoms with E-state index in [1.165, 1.54) is 25.6 Å². The number of hydrogen-bond donors (Lipinski definition) is 1. The van der Waals surface area contributed by atoms with Gasteiger partial charge >= 0.3 is 7.60 Å². The van der Waals surface area contributed by atoms with Gasteiger partial charge in [0.25, 0.3) is 0 Å². The number of methoxy groups -OCH3 is 1. The monoisotopic (exact) mass is 378 g/mol. The number of anilines is 1. The first-order chi connectivity index (χ1) is 12.1. The molecule has 0 aliphatic rings. The highest BCUT2D eigenvalue weighted by atomic mass is 32.1. The van der Waals surface area contributed by atoms with Crippen molar-refractivity contribution in [3.63, 3.8) is 0 Å². The molecule has 0 amide bonds. The lowest BCUT2D eigenvalue weighted by Gasteiger charge is -2.25. The molecule has 1 heterocycles. The molecule has 25 heavy (non-hydrogen) atoms. The number of nitrogens with zero attached hydrogens (tertiary/aromatic N) is 1. The van der Waals surface area contributed by atoms with Crippen molar-refractivity contribution < 1.29 is 18.3 Å². The van der Waals surface area contributed by atoms with Crippen LogP contribution in [0.3, 0.4) is 0 Å². The molecule has 0 saturated heterocycles. The van der Waals surface area contributed by atoms with E-state index in [0.29, 0.717) is 10.9 Å². The van der Waals surface area contributed by atoms with E-state index < -0.39 is 13.4 Å². The molecule has 3 rings (SSSR count). The summed E-state index contributed by atoms with van der Waals surface area (Å²) in [6.45, 7) is 0. The average Bonchev–Trinajstić information content (AvgIpc) is 3.08. The van der Waals surface area contributed by atoms with Gasteiger partial charge in [0.1, 0.15) is 5.75 Å². The summed E-state index contributed by atoms with van der Waals surface area (Å²) in [6.07, 6.45) is 0. The number of hydrogen-bond acceptors (Lipinski definition) is 7. The Kier molecular flexibility index (Phi) is 5.39. The molecule has 0 bridgehead atoms. The number of thiazole rings is 1. The molecule has 2 aromatic carbocycles. The molecule has 0 spiro atoms. The van der Waals surface area contributed by atoms with Crippen molar-refractivity contribution in [3.05, 3.63) is 54.1 Å². The van der Waals surface area contributed by atoms with Gasteiger partial charge in [0.2, 0.25) is 0 Å². The molecule has 1 unspecified atom stereocenters. The van der Waals surface area contributed by atoms with Gasteiger partial charge in [-0.3, -0.25) is 4.57 Å². The Morgan fingerprint density at radius 3 is 2.32 bits per heavy atom. The maximum atomic E-state index is 13.1. The molecule has 132 valence electrons. The summed E-state index contributed by atoms with van der Waals surface area (Å²) in [5.74, 6) is 0.0288. The van der Waals surface area contributed by atoms with Crippen LogP contribution >= 0.6 is 18.9 Å². The van der Waals surface area contributed by atoms with Gasteiger partial charge in [-0.2, -0.15) is 0 Å². The van der Waals surface area contributed by atoms with E-state index in [1.807, 2.05) is 36.4 Å². The van der Waals surface area contributed by atoms with Gasteiger partial charge in [0, 0.05) is 14.2 Å². The Morgan fingerprint density at radius 2 is 1.72 bits per heavy atom. The molecular weight excluding hydrogens is 359 g/mol. The topological polar surface area (TPSA) is 69.7 Å². The van der Waals surface area contributed by atoms with Crippen molar-refractivity contribution in [3.8, 4) is 5.75 Å². The lowest BCUT2D eigenvalue weighted by molar-refractivity contribution is 0.268. The lowest BCUT2D eigenvalue weighted by atomic mass is 10.2. The van der Waals surface area contributed by atoms with Crippen LogP contribution in [0.25, 0.3) is 10.2 Å². The molecule has 0 aliphatic carbocycles. The Labute approximate surface area is 150 Å². The van der Waals surface area contributed by atoms with Crippen molar-refractivity contribution in [2.24, 2.45) is 0 Å². The maximum absolute atomic E-state index is 13.1. The third-order valence-corrected chi connectivity index (χ3v) is 6.86. The fraction of sp³-hybridized carbons (Fsp3) is 0.235. The maximum Gasteiger partial charge on any atom is 0.356 e. The van der Waals surface area contributed by atoms with Crippen LogP contribution in [0.4, 0.5) is 5.13 Å². The molecule has 6 nitrogen and oxygen atoms in total. The summed E-state index contributed by atoms with van der Waals surface area (Å²) in [5, 5.41) is 3.87. The zero-order valence-corrected chi connectivity index (χ0v) is 15.8. The molecule has 0 aliphatic heterocycles. The fourth-order valence-electron chi connectivity index (χ4n) is 2.47. The standard InChI is InChI=1S/C17H19N2O4PS/c1-21-13-10-8-12(9-11-13)16(24(20,22-2)23-3)19-17-18-14-6-4-5-7-15(14)25-17/h4-11,16H,1-3H3,(H,18,19). The second-order valence-corrected chi connectivity index (χ2v) is 8.57. The van der Waals surface area contributed by atoms with Crippen LogP contribution in [-0.2, 0) is 13.6 Å². The van der Waals surface area contributed by atoms with Crippen LogP contribution in [-0.4, -0.2) is 26.3 Å². The average molecular weight is 378 g/mol. The van der Waals surface area contributed by atoms with Crippen molar-refractivity contribution in [1.82, 2.24) is 4.98 Å². The van der Waals surface area contributed by atoms with E-state index in [2.05, 4.69) is 10.3 Å². The first kappa shape index (κ1) is 17.9. The third-order valence-electron chi connectivity index (χ3n) is 3.81. The largest absolute Gasteiger partial charge is 0.497 e. The van der Waals surface area contributed by atoms with Crippen molar-refractivity contribution in [2.45, 2.75) is 5.78 Å². The number of benzene rings is 2. The summed E-state index contributed by atoms with van der Waals surface area (Å²) < 4.78 is 29.7. The predicted octanol–water partition coefficient (Wildman–Crippen LogP) is 4.90. The van der Waals surface area contributed by atoms with Gasteiger partial charge in [-0.05, 0) is 29.8 Å². The van der Waals surface area contributed by atoms with E-state index in [4.69, 9.17) is 13.8 Å². The number of rotatable bonds is 7. The van der Waals surface area contributed by atoms with Crippen LogP contribution < -0.4 is 10.1 Å². The summed E-state index contributed by atoms with van der Waals surface area (Å²) in [7, 11) is 0.919. The van der Waals surface area contributed by atoms with Gasteiger partial charge in [0.15, 0.2) is 10.9 Å². The number of aromatic nitrogens is 1. The normalized spacial score (nSPS) is 12.9. The van der Waals surface area contributed by atoms with Crippen LogP contribution in [0.15, 0.2) is 48.5 Å². The third kappa shape index (κ3) is 3.70. The minimum atomic E-state index is -3.43. The Hall–Kier alpha value is -1.92. The second-order valence-electron chi connectivity index (χ2n) is 5.21. The van der Waals surface area contributed by atoms with Crippen LogP contribution in [0, 0.1) is 0 Å². The highest BCUT2D eigenvalue weighted by Crippen LogP contribution is 2.60. The minimum absolute atomic E-state index is 0.649. The Balaban J connectivity index is 1.99.